The fourth-order valence-electron chi connectivity index (χ4n) is 2.76. The number of amides is 1. The van der Waals surface area contributed by atoms with E-state index in [2.05, 4.69) is 5.32 Å². The molecule has 1 aliphatic rings. The van der Waals surface area contributed by atoms with E-state index in [1.165, 1.54) is 12.6 Å². The highest BCUT2D eigenvalue weighted by molar-refractivity contribution is 5.97. The maximum Gasteiger partial charge on any atom is 0.266 e. The van der Waals surface area contributed by atoms with Crippen LogP contribution in [0.15, 0.2) is 36.0 Å². The average Bonchev–Trinajstić information content (AvgIpc) is 2.62. The van der Waals surface area contributed by atoms with Crippen LogP contribution in [0, 0.1) is 22.7 Å². The maximum absolute atomic E-state index is 12.4. The van der Waals surface area contributed by atoms with Crippen molar-refractivity contribution < 1.29 is 4.79 Å². The number of hydrogen-bond donors (Lipinski definition) is 1. The first-order chi connectivity index (χ1) is 11.2. The van der Waals surface area contributed by atoms with Gasteiger partial charge in [0.25, 0.3) is 5.91 Å². The summed E-state index contributed by atoms with van der Waals surface area (Å²) in [4.78, 5) is 14.1. The van der Waals surface area contributed by atoms with Gasteiger partial charge >= 0.3 is 0 Å². The van der Waals surface area contributed by atoms with Crippen molar-refractivity contribution in [1.82, 2.24) is 4.90 Å². The second-order valence-corrected chi connectivity index (χ2v) is 5.71. The zero-order valence-corrected chi connectivity index (χ0v) is 13.2. The van der Waals surface area contributed by atoms with E-state index >= 15 is 0 Å². The summed E-state index contributed by atoms with van der Waals surface area (Å²) in [5, 5.41) is 21.0. The molecule has 1 aromatic carbocycles. The number of rotatable bonds is 4. The van der Waals surface area contributed by atoms with Crippen LogP contribution in [-0.4, -0.2) is 23.9 Å². The van der Waals surface area contributed by atoms with Crippen molar-refractivity contribution >= 4 is 11.6 Å². The van der Waals surface area contributed by atoms with E-state index in [1.807, 2.05) is 12.1 Å². The van der Waals surface area contributed by atoms with E-state index in [0.29, 0.717) is 5.56 Å². The lowest BCUT2D eigenvalue weighted by Crippen LogP contribution is -2.39. The van der Waals surface area contributed by atoms with E-state index in [4.69, 9.17) is 5.26 Å². The Hall–Kier alpha value is -2.79. The Bertz CT molecular complexity index is 658. The zero-order chi connectivity index (χ0) is 16.7. The molecule has 1 N–H and O–H groups in total. The molecule has 0 aromatic heterocycles. The number of likely N-dealkylation sites (N-methyl/N-ethyl adjacent to an activating group) is 1. The lowest BCUT2D eigenvalue weighted by molar-refractivity contribution is -0.128. The predicted molar refractivity (Wildman–Crippen MR) is 88.1 cm³/mol. The third-order valence-corrected chi connectivity index (χ3v) is 4.19. The Morgan fingerprint density at radius 2 is 1.87 bits per heavy atom. The van der Waals surface area contributed by atoms with E-state index in [0.717, 1.165) is 31.4 Å². The van der Waals surface area contributed by atoms with Crippen LogP contribution >= 0.6 is 0 Å². The van der Waals surface area contributed by atoms with E-state index < -0.39 is 0 Å². The number of nitriles is 2. The second kappa shape index (κ2) is 8.00. The highest BCUT2D eigenvalue weighted by Gasteiger charge is 2.24. The van der Waals surface area contributed by atoms with E-state index in [1.54, 1.807) is 36.2 Å². The molecule has 0 bridgehead atoms. The highest BCUT2D eigenvalue weighted by atomic mass is 16.2. The molecule has 0 heterocycles. The Balaban J connectivity index is 2.03. The van der Waals surface area contributed by atoms with Crippen LogP contribution in [0.5, 0.6) is 0 Å². The molecule has 5 heteroatoms. The van der Waals surface area contributed by atoms with Crippen LogP contribution in [0.1, 0.15) is 37.7 Å². The Morgan fingerprint density at radius 3 is 2.43 bits per heavy atom. The van der Waals surface area contributed by atoms with Gasteiger partial charge in [-0.3, -0.25) is 4.79 Å². The summed E-state index contributed by atoms with van der Waals surface area (Å²) >= 11 is 0. The predicted octanol–water partition coefficient (Wildman–Crippen LogP) is 3.17. The molecule has 0 saturated heterocycles. The minimum atomic E-state index is -0.249. The topological polar surface area (TPSA) is 79.9 Å². The first kappa shape index (κ1) is 16.6. The minimum absolute atomic E-state index is 0.0856. The van der Waals surface area contributed by atoms with Crippen LogP contribution < -0.4 is 5.32 Å². The molecular weight excluding hydrogens is 288 g/mol. The van der Waals surface area contributed by atoms with Gasteiger partial charge in [-0.1, -0.05) is 19.3 Å². The summed E-state index contributed by atoms with van der Waals surface area (Å²) in [7, 11) is 1.77. The standard InChI is InChI=1S/C18H20N4O/c1-22(17-5-3-2-4-6-17)18(23)15(12-20)13-21-16-9-7-14(11-19)8-10-16/h7-10,13,17,21H,2-6H2,1H3/b15-13-. The van der Waals surface area contributed by atoms with Gasteiger partial charge in [0.2, 0.25) is 0 Å². The normalized spacial score (nSPS) is 15.3. The first-order valence-electron chi connectivity index (χ1n) is 7.80. The zero-order valence-electron chi connectivity index (χ0n) is 13.2. The molecule has 0 radical (unpaired) electrons. The number of anilines is 1. The number of carbonyl (C=O) groups excluding carboxylic acids is 1. The number of nitrogens with one attached hydrogen (secondary N) is 1. The largest absolute Gasteiger partial charge is 0.360 e. The Labute approximate surface area is 136 Å². The molecule has 1 fully saturated rings. The van der Waals surface area contributed by atoms with Gasteiger partial charge in [-0.05, 0) is 37.1 Å². The Morgan fingerprint density at radius 1 is 1.22 bits per heavy atom. The highest BCUT2D eigenvalue weighted by Crippen LogP contribution is 2.22. The Kier molecular flexibility index (Phi) is 5.77. The molecule has 1 amide bonds. The quantitative estimate of drug-likeness (QED) is 0.684. The lowest BCUT2D eigenvalue weighted by atomic mass is 9.94. The monoisotopic (exact) mass is 308 g/mol. The van der Waals surface area contributed by atoms with E-state index in [-0.39, 0.29) is 17.5 Å². The van der Waals surface area contributed by atoms with Gasteiger partial charge in [-0.25, -0.2) is 0 Å². The smallest absolute Gasteiger partial charge is 0.266 e. The summed E-state index contributed by atoms with van der Waals surface area (Å²) in [6, 6.07) is 11.1. The molecule has 0 atom stereocenters. The van der Waals surface area contributed by atoms with Crippen LogP contribution in [-0.2, 0) is 4.79 Å². The molecule has 1 aliphatic carbocycles. The second-order valence-electron chi connectivity index (χ2n) is 5.71. The van der Waals surface area contributed by atoms with Gasteiger partial charge in [0.05, 0.1) is 11.6 Å². The molecule has 5 nitrogen and oxygen atoms in total. The van der Waals surface area contributed by atoms with Crippen LogP contribution in [0.2, 0.25) is 0 Å². The summed E-state index contributed by atoms with van der Waals surface area (Å²) in [6.07, 6.45) is 6.94. The summed E-state index contributed by atoms with van der Waals surface area (Å²) in [6.45, 7) is 0. The van der Waals surface area contributed by atoms with Gasteiger partial charge in [0, 0.05) is 25.0 Å². The van der Waals surface area contributed by atoms with Crippen molar-refractivity contribution in [2.45, 2.75) is 38.1 Å². The van der Waals surface area contributed by atoms with E-state index in [9.17, 15) is 10.1 Å². The minimum Gasteiger partial charge on any atom is -0.360 e. The van der Waals surface area contributed by atoms with Crippen LogP contribution in [0.3, 0.4) is 0 Å². The van der Waals surface area contributed by atoms with Crippen molar-refractivity contribution in [3.05, 3.63) is 41.6 Å². The average molecular weight is 308 g/mol. The van der Waals surface area contributed by atoms with Gasteiger partial charge in [0.15, 0.2) is 0 Å². The maximum atomic E-state index is 12.4. The first-order valence-corrected chi connectivity index (χ1v) is 7.80. The fourth-order valence-corrected chi connectivity index (χ4v) is 2.76. The molecule has 0 spiro atoms. The van der Waals surface area contributed by atoms with Gasteiger partial charge < -0.3 is 10.2 Å². The van der Waals surface area contributed by atoms with Crippen LogP contribution in [0.25, 0.3) is 0 Å². The molecule has 2 rings (SSSR count). The number of benzene rings is 1. The third kappa shape index (κ3) is 4.34. The number of nitrogens with zero attached hydrogens (tertiary/aromatic N) is 3. The fraction of sp³-hybridized carbons (Fsp3) is 0.389. The molecule has 1 aromatic rings. The molecular formula is C18H20N4O. The van der Waals surface area contributed by atoms with Crippen molar-refractivity contribution in [1.29, 1.82) is 10.5 Å². The van der Waals surface area contributed by atoms with Crippen molar-refractivity contribution in [2.75, 3.05) is 12.4 Å². The molecule has 0 unspecified atom stereocenters. The molecule has 1 saturated carbocycles. The van der Waals surface area contributed by atoms with Gasteiger partial charge in [-0.2, -0.15) is 10.5 Å². The van der Waals surface area contributed by atoms with Crippen molar-refractivity contribution in [2.24, 2.45) is 0 Å². The summed E-state index contributed by atoms with van der Waals surface area (Å²) in [5.41, 5.74) is 1.38. The number of hydrogen-bond acceptors (Lipinski definition) is 4. The van der Waals surface area contributed by atoms with Gasteiger partial charge in [0.1, 0.15) is 11.6 Å². The molecule has 0 aliphatic heterocycles. The van der Waals surface area contributed by atoms with Crippen molar-refractivity contribution in [3.8, 4) is 12.1 Å². The molecule has 23 heavy (non-hydrogen) atoms. The molecule has 118 valence electrons. The summed E-state index contributed by atoms with van der Waals surface area (Å²) in [5.74, 6) is -0.249. The summed E-state index contributed by atoms with van der Waals surface area (Å²) < 4.78 is 0. The number of carbonyl (C=O) groups is 1. The SMILES string of the molecule is CN(C(=O)/C(C#N)=C\Nc1ccc(C#N)cc1)C1CCCCC1. The lowest BCUT2D eigenvalue weighted by Gasteiger charge is -2.31. The third-order valence-electron chi connectivity index (χ3n) is 4.19. The van der Waals surface area contributed by atoms with Crippen LogP contribution in [0.4, 0.5) is 5.69 Å². The van der Waals surface area contributed by atoms with Gasteiger partial charge in [-0.15, -0.1) is 0 Å². The van der Waals surface area contributed by atoms with Crippen molar-refractivity contribution in [3.63, 3.8) is 0 Å².